The molecule has 0 saturated carbocycles. The molecule has 4 N–H and O–H groups in total. The minimum Gasteiger partial charge on any atom is -0.381 e. The van der Waals surface area contributed by atoms with Crippen molar-refractivity contribution in [2.75, 3.05) is 23.3 Å². The van der Waals surface area contributed by atoms with Crippen molar-refractivity contribution in [3.8, 4) is 0 Å². The van der Waals surface area contributed by atoms with E-state index in [1.54, 1.807) is 18.3 Å². The van der Waals surface area contributed by atoms with Crippen LogP contribution in [0.3, 0.4) is 0 Å². The van der Waals surface area contributed by atoms with Gasteiger partial charge in [0.05, 0.1) is 11.3 Å². The molecule has 24 heavy (non-hydrogen) atoms. The molecule has 0 unspecified atom stereocenters. The molecule has 6 nitrogen and oxygen atoms in total. The van der Waals surface area contributed by atoms with Crippen LogP contribution in [0.25, 0.3) is 0 Å². The molecule has 3 rings (SSSR count). The molecular formula is C18H22N4O2. The van der Waals surface area contributed by atoms with Crippen LogP contribution in [0.15, 0.2) is 41.3 Å². The van der Waals surface area contributed by atoms with E-state index in [1.165, 1.54) is 12.5 Å². The number of carbonyl (C=O) groups excluding carboxylic acids is 1. The van der Waals surface area contributed by atoms with Crippen LogP contribution >= 0.6 is 0 Å². The Labute approximate surface area is 140 Å². The summed E-state index contributed by atoms with van der Waals surface area (Å²) >= 11 is 0. The van der Waals surface area contributed by atoms with E-state index in [0.29, 0.717) is 12.1 Å². The number of piperidine rings is 1. The van der Waals surface area contributed by atoms with Gasteiger partial charge in [-0.2, -0.15) is 0 Å². The Hall–Kier alpha value is -2.76. The second kappa shape index (κ2) is 7.21. The third-order valence-corrected chi connectivity index (χ3v) is 4.31. The van der Waals surface area contributed by atoms with Crippen molar-refractivity contribution < 1.29 is 4.79 Å². The molecule has 1 saturated heterocycles. The van der Waals surface area contributed by atoms with E-state index in [9.17, 15) is 9.59 Å². The molecule has 126 valence electrons. The van der Waals surface area contributed by atoms with E-state index < -0.39 is 5.91 Å². The predicted molar refractivity (Wildman–Crippen MR) is 95.4 cm³/mol. The highest BCUT2D eigenvalue weighted by Crippen LogP contribution is 2.27. The second-order valence-corrected chi connectivity index (χ2v) is 6.06. The molecule has 0 spiro atoms. The molecule has 1 amide bonds. The highest BCUT2D eigenvalue weighted by atomic mass is 16.1. The lowest BCUT2D eigenvalue weighted by Crippen LogP contribution is -2.31. The zero-order valence-electron chi connectivity index (χ0n) is 13.5. The van der Waals surface area contributed by atoms with Crippen LogP contribution < -0.4 is 21.5 Å². The minimum absolute atomic E-state index is 0.114. The van der Waals surface area contributed by atoms with Gasteiger partial charge in [0, 0.05) is 37.6 Å². The first-order chi connectivity index (χ1) is 11.6. The number of pyridine rings is 1. The normalized spacial score (nSPS) is 14.4. The van der Waals surface area contributed by atoms with Gasteiger partial charge in [-0.1, -0.05) is 6.07 Å². The van der Waals surface area contributed by atoms with E-state index in [1.807, 2.05) is 12.1 Å². The maximum atomic E-state index is 11.7. The number of amides is 1. The lowest BCUT2D eigenvalue weighted by Gasteiger charge is -2.30. The Morgan fingerprint density at radius 1 is 1.17 bits per heavy atom. The fourth-order valence-corrected chi connectivity index (χ4v) is 3.00. The summed E-state index contributed by atoms with van der Waals surface area (Å²) in [4.78, 5) is 27.7. The monoisotopic (exact) mass is 326 g/mol. The Bertz CT molecular complexity index is 758. The molecule has 0 atom stereocenters. The number of anilines is 2. The topological polar surface area (TPSA) is 91.2 Å². The Morgan fingerprint density at radius 3 is 2.62 bits per heavy atom. The summed E-state index contributed by atoms with van der Waals surface area (Å²) < 4.78 is 0. The summed E-state index contributed by atoms with van der Waals surface area (Å²) in [5, 5.41) is 3.33. The lowest BCUT2D eigenvalue weighted by molar-refractivity contribution is 0.100. The minimum atomic E-state index is -0.400. The number of nitrogens with zero attached hydrogens (tertiary/aromatic N) is 1. The third kappa shape index (κ3) is 3.76. The molecule has 2 aromatic rings. The number of nitrogens with one attached hydrogen (secondary N) is 2. The summed E-state index contributed by atoms with van der Waals surface area (Å²) in [5.41, 5.74) is 8.78. The number of hydrogen-bond acceptors (Lipinski definition) is 4. The maximum Gasteiger partial charge on any atom is 0.250 e. The summed E-state index contributed by atoms with van der Waals surface area (Å²) in [6.45, 7) is 2.49. The van der Waals surface area contributed by atoms with Crippen molar-refractivity contribution in [1.29, 1.82) is 0 Å². The standard InChI is InChI=1S/C18H22N4O2/c19-18(24)15-6-5-14(10-16(15)22-8-2-1-3-9-22)20-11-13-4-7-17(23)21-12-13/h4-7,10,12,20H,1-3,8-9,11H2,(H2,19,24)(H,21,23). The fraction of sp³-hybridized carbons (Fsp3) is 0.333. The molecule has 0 radical (unpaired) electrons. The largest absolute Gasteiger partial charge is 0.381 e. The molecular weight excluding hydrogens is 304 g/mol. The first kappa shape index (κ1) is 16.1. The summed E-state index contributed by atoms with van der Waals surface area (Å²) in [5.74, 6) is -0.400. The second-order valence-electron chi connectivity index (χ2n) is 6.06. The zero-order chi connectivity index (χ0) is 16.9. The van der Waals surface area contributed by atoms with Crippen LogP contribution in [0.4, 0.5) is 11.4 Å². The van der Waals surface area contributed by atoms with Gasteiger partial charge in [0.2, 0.25) is 5.56 Å². The zero-order valence-corrected chi connectivity index (χ0v) is 13.5. The molecule has 1 aromatic heterocycles. The van der Waals surface area contributed by atoms with Gasteiger partial charge in [-0.3, -0.25) is 9.59 Å². The van der Waals surface area contributed by atoms with E-state index >= 15 is 0 Å². The first-order valence-corrected chi connectivity index (χ1v) is 8.24. The Kier molecular flexibility index (Phi) is 4.84. The van der Waals surface area contributed by atoms with Crippen molar-refractivity contribution in [3.05, 3.63) is 58.0 Å². The van der Waals surface area contributed by atoms with Gasteiger partial charge in [-0.25, -0.2) is 0 Å². The lowest BCUT2D eigenvalue weighted by atomic mass is 10.1. The van der Waals surface area contributed by atoms with Gasteiger partial charge in [0.1, 0.15) is 0 Å². The van der Waals surface area contributed by atoms with Gasteiger partial charge in [0.25, 0.3) is 5.91 Å². The smallest absolute Gasteiger partial charge is 0.250 e. The van der Waals surface area contributed by atoms with E-state index in [2.05, 4.69) is 15.2 Å². The van der Waals surface area contributed by atoms with Crippen LogP contribution in [0.1, 0.15) is 35.2 Å². The van der Waals surface area contributed by atoms with Crippen LogP contribution in [0, 0.1) is 0 Å². The van der Waals surface area contributed by atoms with E-state index in [0.717, 1.165) is 42.9 Å². The number of benzene rings is 1. The van der Waals surface area contributed by atoms with Crippen molar-refractivity contribution in [2.24, 2.45) is 5.73 Å². The molecule has 1 aliphatic rings. The SMILES string of the molecule is NC(=O)c1ccc(NCc2ccc(=O)[nH]c2)cc1N1CCCCC1. The highest BCUT2D eigenvalue weighted by Gasteiger charge is 2.17. The molecule has 6 heteroatoms. The number of hydrogen-bond donors (Lipinski definition) is 3. The van der Waals surface area contributed by atoms with Gasteiger partial charge < -0.3 is 20.9 Å². The van der Waals surface area contributed by atoms with Gasteiger partial charge in [-0.15, -0.1) is 0 Å². The summed E-state index contributed by atoms with van der Waals surface area (Å²) in [6.07, 6.45) is 5.19. The number of rotatable bonds is 5. The molecule has 0 bridgehead atoms. The van der Waals surface area contributed by atoms with Crippen molar-refractivity contribution in [1.82, 2.24) is 4.98 Å². The van der Waals surface area contributed by atoms with Crippen LogP contribution in [0.5, 0.6) is 0 Å². The quantitative estimate of drug-likeness (QED) is 0.784. The maximum absolute atomic E-state index is 11.7. The molecule has 2 heterocycles. The first-order valence-electron chi connectivity index (χ1n) is 8.24. The van der Waals surface area contributed by atoms with Crippen LogP contribution in [-0.4, -0.2) is 24.0 Å². The van der Waals surface area contributed by atoms with Gasteiger partial charge >= 0.3 is 0 Å². The van der Waals surface area contributed by atoms with Gasteiger partial charge in [-0.05, 0) is 43.0 Å². The van der Waals surface area contributed by atoms with Crippen molar-refractivity contribution in [2.45, 2.75) is 25.8 Å². The van der Waals surface area contributed by atoms with Crippen LogP contribution in [-0.2, 0) is 6.54 Å². The average Bonchev–Trinajstić information content (AvgIpc) is 2.61. The number of aromatic amines is 1. The summed E-state index contributed by atoms with van der Waals surface area (Å²) in [7, 11) is 0. The van der Waals surface area contributed by atoms with Crippen LogP contribution in [0.2, 0.25) is 0 Å². The Balaban J connectivity index is 1.79. The Morgan fingerprint density at radius 2 is 1.96 bits per heavy atom. The van der Waals surface area contributed by atoms with E-state index in [4.69, 9.17) is 5.73 Å². The predicted octanol–water partition coefficient (Wildman–Crippen LogP) is 2.08. The highest BCUT2D eigenvalue weighted by molar-refractivity contribution is 5.99. The van der Waals surface area contributed by atoms with Crippen molar-refractivity contribution in [3.63, 3.8) is 0 Å². The number of H-pyrrole nitrogens is 1. The molecule has 1 aromatic carbocycles. The number of nitrogens with two attached hydrogens (primary N) is 1. The molecule has 1 aliphatic heterocycles. The fourth-order valence-electron chi connectivity index (χ4n) is 3.00. The molecule has 0 aliphatic carbocycles. The third-order valence-electron chi connectivity index (χ3n) is 4.31. The summed E-state index contributed by atoms with van der Waals surface area (Å²) in [6, 6.07) is 8.92. The van der Waals surface area contributed by atoms with Crippen molar-refractivity contribution >= 4 is 17.3 Å². The van der Waals surface area contributed by atoms with Gasteiger partial charge in [0.15, 0.2) is 0 Å². The molecule has 1 fully saturated rings. The average molecular weight is 326 g/mol. The number of carbonyl (C=O) groups is 1. The number of aromatic nitrogens is 1. The van der Waals surface area contributed by atoms with E-state index in [-0.39, 0.29) is 5.56 Å². The number of primary amides is 1.